The van der Waals surface area contributed by atoms with E-state index in [4.69, 9.17) is 4.74 Å². The molecular weight excluding hydrogens is 503 g/mol. The molecule has 1 saturated carbocycles. The van der Waals surface area contributed by atoms with E-state index in [2.05, 4.69) is 32.7 Å². The largest absolute Gasteiger partial charge is 0.497 e. The van der Waals surface area contributed by atoms with Gasteiger partial charge in [-0.3, -0.25) is 9.79 Å². The number of guanidine groups is 1. The Kier molecular flexibility index (Phi) is 11.5. The Balaban J connectivity index is 0.00000341. The van der Waals surface area contributed by atoms with Gasteiger partial charge in [-0.25, -0.2) is 0 Å². The van der Waals surface area contributed by atoms with E-state index in [1.54, 1.807) is 7.11 Å². The zero-order valence-electron chi connectivity index (χ0n) is 19.1. The molecule has 2 fully saturated rings. The summed E-state index contributed by atoms with van der Waals surface area (Å²) in [7, 11) is 3.51. The van der Waals surface area contributed by atoms with Crippen molar-refractivity contribution >= 4 is 35.8 Å². The van der Waals surface area contributed by atoms with Crippen LogP contribution < -0.4 is 15.4 Å². The molecule has 0 spiro atoms. The second kappa shape index (κ2) is 13.8. The summed E-state index contributed by atoms with van der Waals surface area (Å²) < 4.78 is 5.20. The Morgan fingerprint density at radius 3 is 2.55 bits per heavy atom. The van der Waals surface area contributed by atoms with E-state index in [0.717, 1.165) is 69.9 Å². The maximum atomic E-state index is 12.7. The first-order chi connectivity index (χ1) is 14.7. The Labute approximate surface area is 204 Å². The first kappa shape index (κ1) is 25.7. The van der Waals surface area contributed by atoms with Gasteiger partial charge in [0.2, 0.25) is 5.91 Å². The molecule has 0 aromatic heterocycles. The van der Waals surface area contributed by atoms with E-state index in [-0.39, 0.29) is 29.9 Å². The minimum Gasteiger partial charge on any atom is -0.497 e. The van der Waals surface area contributed by atoms with Crippen LogP contribution >= 0.6 is 24.0 Å². The van der Waals surface area contributed by atoms with Crippen molar-refractivity contribution in [3.8, 4) is 5.75 Å². The number of methoxy groups -OCH3 is 1. The molecule has 1 aromatic rings. The standard InChI is InChI=1S/C24H38N4O2.HI/c1-25-24(26-16-7-6-8-19-11-13-22(30-2)14-12-19)27-21-15-17-28(18-21)23(29)20-9-4-3-5-10-20;/h11-14,20-21H,3-10,15-18H2,1-2H3,(H2,25,26,27);1H. The van der Waals surface area contributed by atoms with Gasteiger partial charge in [0, 0.05) is 38.6 Å². The van der Waals surface area contributed by atoms with E-state index < -0.39 is 0 Å². The van der Waals surface area contributed by atoms with E-state index >= 15 is 0 Å². The SMILES string of the molecule is CN=C(NCCCCc1ccc(OC)cc1)NC1CCN(C(=O)C2CCCCC2)C1.I. The highest BCUT2D eigenvalue weighted by atomic mass is 127. The number of halogens is 1. The Morgan fingerprint density at radius 1 is 1.13 bits per heavy atom. The van der Waals surface area contributed by atoms with Crippen LogP contribution in [0.25, 0.3) is 0 Å². The van der Waals surface area contributed by atoms with Gasteiger partial charge >= 0.3 is 0 Å². The molecule has 1 heterocycles. The molecule has 0 bridgehead atoms. The zero-order chi connectivity index (χ0) is 21.2. The van der Waals surface area contributed by atoms with Gasteiger partial charge in [-0.1, -0.05) is 31.4 Å². The summed E-state index contributed by atoms with van der Waals surface area (Å²) in [4.78, 5) is 19.2. The summed E-state index contributed by atoms with van der Waals surface area (Å²) in [6, 6.07) is 8.59. The second-order valence-electron chi connectivity index (χ2n) is 8.55. The van der Waals surface area contributed by atoms with Gasteiger partial charge in [-0.05, 0) is 56.2 Å². The fraction of sp³-hybridized carbons (Fsp3) is 0.667. The number of carbonyl (C=O) groups excluding carboxylic acids is 1. The molecule has 6 nitrogen and oxygen atoms in total. The first-order valence-corrected chi connectivity index (χ1v) is 11.6. The van der Waals surface area contributed by atoms with Crippen LogP contribution in [0.2, 0.25) is 0 Å². The molecule has 1 amide bonds. The van der Waals surface area contributed by atoms with Crippen LogP contribution in [0.4, 0.5) is 0 Å². The maximum Gasteiger partial charge on any atom is 0.225 e. The summed E-state index contributed by atoms with van der Waals surface area (Å²) >= 11 is 0. The number of carbonyl (C=O) groups is 1. The maximum absolute atomic E-state index is 12.7. The summed E-state index contributed by atoms with van der Waals surface area (Å²) in [5.41, 5.74) is 1.34. The molecule has 7 heteroatoms. The predicted octanol–water partition coefficient (Wildman–Crippen LogP) is 3.98. The molecular formula is C24H39IN4O2. The van der Waals surface area contributed by atoms with Crippen molar-refractivity contribution in [1.82, 2.24) is 15.5 Å². The van der Waals surface area contributed by atoms with Crippen molar-refractivity contribution < 1.29 is 9.53 Å². The van der Waals surface area contributed by atoms with Gasteiger partial charge in [0.05, 0.1) is 7.11 Å². The summed E-state index contributed by atoms with van der Waals surface area (Å²) in [6.07, 6.45) is 10.1. The lowest BCUT2D eigenvalue weighted by Gasteiger charge is -2.26. The molecule has 2 N–H and O–H groups in total. The highest BCUT2D eigenvalue weighted by molar-refractivity contribution is 14.0. The van der Waals surface area contributed by atoms with Crippen molar-refractivity contribution in [1.29, 1.82) is 0 Å². The average Bonchev–Trinajstić information content (AvgIpc) is 3.27. The summed E-state index contributed by atoms with van der Waals surface area (Å²) in [6.45, 7) is 2.56. The Hall–Kier alpha value is -1.51. The monoisotopic (exact) mass is 542 g/mol. The number of unbranched alkanes of at least 4 members (excludes halogenated alkanes) is 1. The number of benzene rings is 1. The van der Waals surface area contributed by atoms with Gasteiger partial charge in [0.15, 0.2) is 5.96 Å². The smallest absolute Gasteiger partial charge is 0.225 e. The molecule has 31 heavy (non-hydrogen) atoms. The number of hydrogen-bond acceptors (Lipinski definition) is 3. The molecule has 1 atom stereocenters. The lowest BCUT2D eigenvalue weighted by Crippen LogP contribution is -2.45. The van der Waals surface area contributed by atoms with Crippen LogP contribution in [0.5, 0.6) is 5.75 Å². The number of ether oxygens (including phenoxy) is 1. The number of nitrogens with zero attached hydrogens (tertiary/aromatic N) is 2. The van der Waals surface area contributed by atoms with Crippen molar-refractivity contribution in [3.63, 3.8) is 0 Å². The predicted molar refractivity (Wildman–Crippen MR) is 137 cm³/mol. The second-order valence-corrected chi connectivity index (χ2v) is 8.55. The Morgan fingerprint density at radius 2 is 1.87 bits per heavy atom. The quantitative estimate of drug-likeness (QED) is 0.226. The summed E-state index contributed by atoms with van der Waals surface area (Å²) in [5.74, 6) is 2.39. The molecule has 1 aliphatic heterocycles. The third-order valence-electron chi connectivity index (χ3n) is 6.36. The van der Waals surface area contributed by atoms with Gasteiger partial charge < -0.3 is 20.3 Å². The zero-order valence-corrected chi connectivity index (χ0v) is 21.4. The van der Waals surface area contributed by atoms with Crippen LogP contribution in [0.3, 0.4) is 0 Å². The normalized spacial score (nSPS) is 19.6. The number of rotatable bonds is 8. The topological polar surface area (TPSA) is 66.0 Å². The van der Waals surface area contributed by atoms with Crippen molar-refractivity contribution in [2.24, 2.45) is 10.9 Å². The number of likely N-dealkylation sites (tertiary alicyclic amines) is 1. The molecule has 2 aliphatic rings. The minimum absolute atomic E-state index is 0. The van der Waals surface area contributed by atoms with Gasteiger partial charge in [-0.15, -0.1) is 24.0 Å². The third-order valence-corrected chi connectivity index (χ3v) is 6.36. The number of aryl methyl sites for hydroxylation is 1. The lowest BCUT2D eigenvalue weighted by molar-refractivity contribution is -0.135. The van der Waals surface area contributed by atoms with Gasteiger partial charge in [-0.2, -0.15) is 0 Å². The molecule has 1 aliphatic carbocycles. The molecule has 1 aromatic carbocycles. The van der Waals surface area contributed by atoms with E-state index in [1.165, 1.54) is 24.8 Å². The number of hydrogen-bond donors (Lipinski definition) is 2. The highest BCUT2D eigenvalue weighted by Gasteiger charge is 2.31. The molecule has 1 saturated heterocycles. The van der Waals surface area contributed by atoms with E-state index in [9.17, 15) is 4.79 Å². The van der Waals surface area contributed by atoms with Crippen molar-refractivity contribution in [2.45, 2.75) is 63.8 Å². The lowest BCUT2D eigenvalue weighted by atomic mass is 9.88. The number of amides is 1. The van der Waals surface area contributed by atoms with Crippen molar-refractivity contribution in [3.05, 3.63) is 29.8 Å². The summed E-state index contributed by atoms with van der Waals surface area (Å²) in [5, 5.41) is 6.93. The first-order valence-electron chi connectivity index (χ1n) is 11.6. The fourth-order valence-electron chi connectivity index (χ4n) is 4.53. The van der Waals surface area contributed by atoms with Crippen LogP contribution in [-0.2, 0) is 11.2 Å². The fourth-order valence-corrected chi connectivity index (χ4v) is 4.53. The van der Waals surface area contributed by atoms with E-state index in [0.29, 0.717) is 11.9 Å². The van der Waals surface area contributed by atoms with Crippen LogP contribution in [-0.4, -0.2) is 56.6 Å². The van der Waals surface area contributed by atoms with Crippen LogP contribution in [0, 0.1) is 5.92 Å². The minimum atomic E-state index is 0. The van der Waals surface area contributed by atoms with E-state index in [1.807, 2.05) is 19.2 Å². The molecule has 1 unspecified atom stereocenters. The van der Waals surface area contributed by atoms with Crippen molar-refractivity contribution in [2.75, 3.05) is 33.8 Å². The highest BCUT2D eigenvalue weighted by Crippen LogP contribution is 2.26. The third kappa shape index (κ3) is 8.16. The number of nitrogens with one attached hydrogen (secondary N) is 2. The number of aliphatic imine (C=N–C) groups is 1. The van der Waals surface area contributed by atoms with Gasteiger partial charge in [0.1, 0.15) is 5.75 Å². The average molecular weight is 543 g/mol. The molecule has 3 rings (SSSR count). The van der Waals surface area contributed by atoms with Gasteiger partial charge in [0.25, 0.3) is 0 Å². The van der Waals surface area contributed by atoms with Crippen LogP contribution in [0.1, 0.15) is 56.9 Å². The molecule has 174 valence electrons. The molecule has 0 radical (unpaired) electrons. The Bertz CT molecular complexity index is 689. The van der Waals surface area contributed by atoms with Crippen LogP contribution in [0.15, 0.2) is 29.3 Å².